The van der Waals surface area contributed by atoms with E-state index in [1.165, 1.54) is 0 Å². The summed E-state index contributed by atoms with van der Waals surface area (Å²) in [6, 6.07) is 7.82. The van der Waals surface area contributed by atoms with Crippen molar-refractivity contribution in [2.45, 2.75) is 13.8 Å². The summed E-state index contributed by atoms with van der Waals surface area (Å²) in [5, 5.41) is 3.25. The fourth-order valence-corrected chi connectivity index (χ4v) is 1.94. The highest BCUT2D eigenvalue weighted by molar-refractivity contribution is 9.10. The molecule has 18 heavy (non-hydrogen) atoms. The maximum atomic E-state index is 5.32. The number of benzene rings is 1. The predicted octanol–water partition coefficient (Wildman–Crippen LogP) is 2.89. The summed E-state index contributed by atoms with van der Waals surface area (Å²) in [5.74, 6) is 6.42. The summed E-state index contributed by atoms with van der Waals surface area (Å²) in [6.45, 7) is 3.92. The Morgan fingerprint density at radius 1 is 1.22 bits per heavy atom. The third-order valence-electron chi connectivity index (χ3n) is 2.51. The van der Waals surface area contributed by atoms with Crippen LogP contribution in [0.25, 0.3) is 0 Å². The molecule has 0 spiro atoms. The standard InChI is InChI=1S/C12H14BrN5/c1-7-6-11(17-12(15-7)18-14)16-10-5-3-4-9(13)8(10)2/h3-6H,14H2,1-2H3,(H2,15,16,17,18). The number of hydrazine groups is 1. The molecule has 0 atom stereocenters. The number of nitrogen functional groups attached to an aromatic ring is 1. The summed E-state index contributed by atoms with van der Waals surface area (Å²) in [5.41, 5.74) is 5.40. The molecular formula is C12H14BrN5. The van der Waals surface area contributed by atoms with Crippen molar-refractivity contribution < 1.29 is 0 Å². The number of anilines is 3. The van der Waals surface area contributed by atoms with Crippen LogP contribution in [0.2, 0.25) is 0 Å². The second kappa shape index (κ2) is 5.32. The summed E-state index contributed by atoms with van der Waals surface area (Å²) >= 11 is 3.50. The van der Waals surface area contributed by atoms with Crippen molar-refractivity contribution in [2.24, 2.45) is 5.84 Å². The summed E-state index contributed by atoms with van der Waals surface area (Å²) in [4.78, 5) is 8.38. The molecule has 0 aliphatic carbocycles. The van der Waals surface area contributed by atoms with Gasteiger partial charge in [-0.15, -0.1) is 0 Å². The number of nitrogens with one attached hydrogen (secondary N) is 2. The van der Waals surface area contributed by atoms with Crippen molar-refractivity contribution in [1.29, 1.82) is 0 Å². The van der Waals surface area contributed by atoms with Crippen LogP contribution in [-0.4, -0.2) is 9.97 Å². The molecule has 1 aromatic heterocycles. The van der Waals surface area contributed by atoms with E-state index in [0.29, 0.717) is 11.8 Å². The lowest BCUT2D eigenvalue weighted by molar-refractivity contribution is 1.07. The number of rotatable bonds is 3. The normalized spacial score (nSPS) is 10.2. The Hall–Kier alpha value is -1.66. The molecule has 0 fully saturated rings. The second-order valence-electron chi connectivity index (χ2n) is 3.90. The van der Waals surface area contributed by atoms with Crippen LogP contribution in [0.1, 0.15) is 11.3 Å². The van der Waals surface area contributed by atoms with Crippen LogP contribution in [0, 0.1) is 13.8 Å². The van der Waals surface area contributed by atoms with Gasteiger partial charge < -0.3 is 5.32 Å². The lowest BCUT2D eigenvalue weighted by Crippen LogP contribution is -2.12. The highest BCUT2D eigenvalue weighted by Gasteiger charge is 2.05. The molecule has 4 N–H and O–H groups in total. The first-order valence-electron chi connectivity index (χ1n) is 5.44. The molecule has 5 nitrogen and oxygen atoms in total. The van der Waals surface area contributed by atoms with Crippen molar-refractivity contribution >= 4 is 33.4 Å². The SMILES string of the molecule is Cc1cc(Nc2cccc(Br)c2C)nc(NN)n1. The number of aryl methyl sites for hydroxylation is 1. The topological polar surface area (TPSA) is 75.9 Å². The Kier molecular flexibility index (Phi) is 3.78. The average Bonchev–Trinajstić information content (AvgIpc) is 2.34. The van der Waals surface area contributed by atoms with Gasteiger partial charge in [0.15, 0.2) is 0 Å². The van der Waals surface area contributed by atoms with Crippen LogP contribution < -0.4 is 16.6 Å². The maximum Gasteiger partial charge on any atom is 0.239 e. The number of hydrogen-bond donors (Lipinski definition) is 3. The van der Waals surface area contributed by atoms with Crippen molar-refractivity contribution in [2.75, 3.05) is 10.7 Å². The maximum absolute atomic E-state index is 5.32. The number of halogens is 1. The molecular weight excluding hydrogens is 294 g/mol. The molecule has 0 unspecified atom stereocenters. The Morgan fingerprint density at radius 3 is 2.72 bits per heavy atom. The Morgan fingerprint density at radius 2 is 2.00 bits per heavy atom. The average molecular weight is 308 g/mol. The largest absolute Gasteiger partial charge is 0.340 e. The van der Waals surface area contributed by atoms with E-state index in [-0.39, 0.29) is 0 Å². The smallest absolute Gasteiger partial charge is 0.239 e. The number of hydrogen-bond acceptors (Lipinski definition) is 5. The first-order valence-corrected chi connectivity index (χ1v) is 6.24. The third kappa shape index (κ3) is 2.77. The van der Waals surface area contributed by atoms with Gasteiger partial charge in [0.2, 0.25) is 5.95 Å². The van der Waals surface area contributed by atoms with Crippen molar-refractivity contribution in [3.63, 3.8) is 0 Å². The monoisotopic (exact) mass is 307 g/mol. The minimum Gasteiger partial charge on any atom is -0.340 e. The van der Waals surface area contributed by atoms with E-state index in [2.05, 4.69) is 36.6 Å². The highest BCUT2D eigenvalue weighted by atomic mass is 79.9. The predicted molar refractivity (Wildman–Crippen MR) is 76.7 cm³/mol. The molecule has 6 heteroatoms. The van der Waals surface area contributed by atoms with Gasteiger partial charge in [-0.3, -0.25) is 5.43 Å². The third-order valence-corrected chi connectivity index (χ3v) is 3.37. The highest BCUT2D eigenvalue weighted by Crippen LogP contribution is 2.26. The van der Waals surface area contributed by atoms with Gasteiger partial charge in [-0.2, -0.15) is 4.98 Å². The van der Waals surface area contributed by atoms with Crippen LogP contribution in [0.5, 0.6) is 0 Å². The van der Waals surface area contributed by atoms with Crippen LogP contribution in [-0.2, 0) is 0 Å². The number of aromatic nitrogens is 2. The van der Waals surface area contributed by atoms with E-state index < -0.39 is 0 Å². The molecule has 0 aliphatic rings. The molecule has 0 saturated carbocycles. The van der Waals surface area contributed by atoms with Crippen LogP contribution in [0.3, 0.4) is 0 Å². The van der Waals surface area contributed by atoms with E-state index >= 15 is 0 Å². The molecule has 0 radical (unpaired) electrons. The van der Waals surface area contributed by atoms with Crippen molar-refractivity contribution in [1.82, 2.24) is 9.97 Å². The van der Waals surface area contributed by atoms with Crippen LogP contribution >= 0.6 is 15.9 Å². The fraction of sp³-hybridized carbons (Fsp3) is 0.167. The minimum atomic E-state index is 0.394. The summed E-state index contributed by atoms with van der Waals surface area (Å²) in [6.07, 6.45) is 0. The molecule has 0 amide bonds. The molecule has 2 rings (SSSR count). The first-order chi connectivity index (χ1) is 8.60. The van der Waals surface area contributed by atoms with Crippen molar-refractivity contribution in [3.05, 3.63) is 40.0 Å². The molecule has 1 aromatic carbocycles. The van der Waals surface area contributed by atoms with Gasteiger partial charge in [0.1, 0.15) is 5.82 Å². The molecule has 2 aromatic rings. The van der Waals surface area contributed by atoms with E-state index in [9.17, 15) is 0 Å². The zero-order valence-corrected chi connectivity index (χ0v) is 11.7. The molecule has 0 saturated heterocycles. The fourth-order valence-electron chi connectivity index (χ4n) is 1.58. The molecule has 0 bridgehead atoms. The molecule has 94 valence electrons. The van der Waals surface area contributed by atoms with Gasteiger partial charge in [0, 0.05) is 21.9 Å². The number of nitrogens with zero attached hydrogens (tertiary/aromatic N) is 2. The lowest BCUT2D eigenvalue weighted by Gasteiger charge is -2.11. The summed E-state index contributed by atoms with van der Waals surface area (Å²) < 4.78 is 1.05. The number of nitrogens with two attached hydrogens (primary N) is 1. The Labute approximate surface area is 114 Å². The second-order valence-corrected chi connectivity index (χ2v) is 4.75. The van der Waals surface area contributed by atoms with E-state index in [0.717, 1.165) is 21.4 Å². The van der Waals surface area contributed by atoms with Crippen molar-refractivity contribution in [3.8, 4) is 0 Å². The van der Waals surface area contributed by atoms with E-state index in [4.69, 9.17) is 5.84 Å². The zero-order valence-electron chi connectivity index (χ0n) is 10.2. The lowest BCUT2D eigenvalue weighted by atomic mass is 10.2. The molecule has 0 aliphatic heterocycles. The summed E-state index contributed by atoms with van der Waals surface area (Å²) in [7, 11) is 0. The van der Waals surface area contributed by atoms with E-state index in [1.54, 1.807) is 0 Å². The van der Waals surface area contributed by atoms with Gasteiger partial charge in [-0.25, -0.2) is 10.8 Å². The zero-order chi connectivity index (χ0) is 13.1. The Balaban J connectivity index is 2.34. The quantitative estimate of drug-likeness (QED) is 0.600. The van der Waals surface area contributed by atoms with Gasteiger partial charge in [0.05, 0.1) is 0 Å². The molecule has 1 heterocycles. The van der Waals surface area contributed by atoms with Gasteiger partial charge in [-0.05, 0) is 31.5 Å². The van der Waals surface area contributed by atoms with E-state index in [1.807, 2.05) is 38.1 Å². The van der Waals surface area contributed by atoms with Gasteiger partial charge in [-0.1, -0.05) is 22.0 Å². The minimum absolute atomic E-state index is 0.394. The Bertz CT molecular complexity index is 570. The first kappa shape index (κ1) is 12.8. The van der Waals surface area contributed by atoms with Gasteiger partial charge in [0.25, 0.3) is 0 Å². The van der Waals surface area contributed by atoms with Crippen LogP contribution in [0.15, 0.2) is 28.7 Å². The van der Waals surface area contributed by atoms with Crippen LogP contribution in [0.4, 0.5) is 17.5 Å². The van der Waals surface area contributed by atoms with Gasteiger partial charge >= 0.3 is 0 Å².